The number of rotatable bonds is 6. The van der Waals surface area contributed by atoms with Gasteiger partial charge in [0.15, 0.2) is 0 Å². The first kappa shape index (κ1) is 22.4. The molecule has 6 heteroatoms. The molecule has 0 N–H and O–H groups in total. The van der Waals surface area contributed by atoms with Crippen molar-refractivity contribution in [1.82, 2.24) is 14.9 Å². The van der Waals surface area contributed by atoms with Gasteiger partial charge in [0.2, 0.25) is 17.7 Å². The lowest BCUT2D eigenvalue weighted by Crippen LogP contribution is -2.40. The van der Waals surface area contributed by atoms with Crippen LogP contribution in [-0.4, -0.2) is 40.4 Å². The van der Waals surface area contributed by atoms with E-state index in [0.717, 1.165) is 60.9 Å². The number of amides is 1. The smallest absolute Gasteiger partial charge is 0.230 e. The van der Waals surface area contributed by atoms with E-state index in [1.165, 1.54) is 6.42 Å². The molecule has 0 radical (unpaired) electrons. The minimum atomic E-state index is -0.144. The lowest BCUT2D eigenvalue weighted by molar-refractivity contribution is -0.133. The summed E-state index contributed by atoms with van der Waals surface area (Å²) in [5, 5.41) is 0. The molecule has 2 aliphatic heterocycles. The Bertz CT molecular complexity index is 1110. The summed E-state index contributed by atoms with van der Waals surface area (Å²) in [6.45, 7) is 5.16. The molecule has 1 amide bonds. The fraction of sp³-hybridized carbons (Fsp3) is 0.393. The lowest BCUT2D eigenvalue weighted by atomic mass is 9.94. The Kier molecular flexibility index (Phi) is 6.74. The first-order valence-electron chi connectivity index (χ1n) is 12.4. The van der Waals surface area contributed by atoms with Gasteiger partial charge < -0.3 is 14.5 Å². The van der Waals surface area contributed by atoms with Crippen LogP contribution in [0.2, 0.25) is 0 Å². The standard InChI is InChI=1S/C28H32N4O2/c1-2-23(21-12-6-3-7-13-21)27(33)32-19-16-25-24(20-32)26(34-22-14-8-4-9-15-22)30-28(29-25)31-17-10-5-11-18-31/h3-4,6-9,12-15,23H,2,5,10-11,16-20H2,1H3. The van der Waals surface area contributed by atoms with Gasteiger partial charge >= 0.3 is 0 Å². The van der Waals surface area contributed by atoms with Gasteiger partial charge in [-0.2, -0.15) is 4.98 Å². The minimum absolute atomic E-state index is 0.144. The first-order chi connectivity index (χ1) is 16.7. The van der Waals surface area contributed by atoms with Gasteiger partial charge in [-0.3, -0.25) is 4.79 Å². The van der Waals surface area contributed by atoms with Crippen LogP contribution in [0.25, 0.3) is 0 Å². The Labute approximate surface area is 201 Å². The minimum Gasteiger partial charge on any atom is -0.438 e. The van der Waals surface area contributed by atoms with Crippen molar-refractivity contribution in [1.29, 1.82) is 0 Å². The maximum absolute atomic E-state index is 13.6. The van der Waals surface area contributed by atoms with Crippen LogP contribution < -0.4 is 9.64 Å². The van der Waals surface area contributed by atoms with Crippen molar-refractivity contribution in [3.8, 4) is 11.6 Å². The van der Waals surface area contributed by atoms with Crippen molar-refractivity contribution in [2.24, 2.45) is 0 Å². The maximum atomic E-state index is 13.6. The van der Waals surface area contributed by atoms with E-state index in [0.29, 0.717) is 25.4 Å². The zero-order valence-electron chi connectivity index (χ0n) is 19.8. The molecule has 3 aromatic rings. The zero-order valence-corrected chi connectivity index (χ0v) is 19.8. The summed E-state index contributed by atoms with van der Waals surface area (Å²) in [5.74, 6) is 2.08. The third-order valence-electron chi connectivity index (χ3n) is 6.83. The molecule has 176 valence electrons. The normalized spacial score (nSPS) is 16.6. The largest absolute Gasteiger partial charge is 0.438 e. The number of para-hydroxylation sites is 1. The van der Waals surface area contributed by atoms with Gasteiger partial charge in [-0.05, 0) is 43.4 Å². The van der Waals surface area contributed by atoms with Crippen LogP contribution in [-0.2, 0) is 17.8 Å². The average molecular weight is 457 g/mol. The van der Waals surface area contributed by atoms with Crippen molar-refractivity contribution >= 4 is 11.9 Å². The van der Waals surface area contributed by atoms with E-state index in [9.17, 15) is 4.79 Å². The number of carbonyl (C=O) groups is 1. The summed E-state index contributed by atoms with van der Waals surface area (Å²) in [4.78, 5) is 27.6. The van der Waals surface area contributed by atoms with Crippen molar-refractivity contribution < 1.29 is 9.53 Å². The highest BCUT2D eigenvalue weighted by Gasteiger charge is 2.31. The molecular formula is C28H32N4O2. The van der Waals surface area contributed by atoms with Gasteiger partial charge in [0.05, 0.1) is 23.7 Å². The Morgan fingerprint density at radius 3 is 2.35 bits per heavy atom. The molecule has 1 aromatic heterocycles. The van der Waals surface area contributed by atoms with Crippen LogP contribution in [0.4, 0.5) is 5.95 Å². The van der Waals surface area contributed by atoms with Crippen LogP contribution >= 0.6 is 0 Å². The number of hydrogen-bond acceptors (Lipinski definition) is 5. The molecule has 34 heavy (non-hydrogen) atoms. The highest BCUT2D eigenvalue weighted by atomic mass is 16.5. The second-order valence-electron chi connectivity index (χ2n) is 9.10. The summed E-state index contributed by atoms with van der Waals surface area (Å²) in [6.07, 6.45) is 5.06. The fourth-order valence-corrected chi connectivity index (χ4v) is 4.94. The van der Waals surface area contributed by atoms with Gasteiger partial charge in [0.25, 0.3) is 0 Å². The van der Waals surface area contributed by atoms with Gasteiger partial charge in [0, 0.05) is 26.1 Å². The zero-order chi connectivity index (χ0) is 23.3. The Hall–Kier alpha value is -3.41. The highest BCUT2D eigenvalue weighted by molar-refractivity contribution is 5.84. The number of anilines is 1. The maximum Gasteiger partial charge on any atom is 0.230 e. The van der Waals surface area contributed by atoms with Crippen LogP contribution in [0.1, 0.15) is 55.3 Å². The van der Waals surface area contributed by atoms with Crippen molar-refractivity contribution in [2.45, 2.75) is 51.5 Å². The van der Waals surface area contributed by atoms with Gasteiger partial charge in [-0.1, -0.05) is 55.5 Å². The third-order valence-corrected chi connectivity index (χ3v) is 6.83. The molecule has 0 aliphatic carbocycles. The van der Waals surface area contributed by atoms with E-state index in [1.54, 1.807) is 0 Å². The second kappa shape index (κ2) is 10.2. The van der Waals surface area contributed by atoms with Crippen LogP contribution in [0, 0.1) is 0 Å². The van der Waals surface area contributed by atoms with Crippen LogP contribution in [0.3, 0.4) is 0 Å². The van der Waals surface area contributed by atoms with Gasteiger partial charge in [-0.15, -0.1) is 0 Å². The topological polar surface area (TPSA) is 58.6 Å². The van der Waals surface area contributed by atoms with E-state index in [4.69, 9.17) is 14.7 Å². The lowest BCUT2D eigenvalue weighted by Gasteiger charge is -2.33. The molecular weight excluding hydrogens is 424 g/mol. The van der Waals surface area contributed by atoms with Crippen molar-refractivity contribution in [2.75, 3.05) is 24.5 Å². The number of benzene rings is 2. The Morgan fingerprint density at radius 1 is 0.941 bits per heavy atom. The van der Waals surface area contributed by atoms with E-state index in [-0.39, 0.29) is 11.8 Å². The van der Waals surface area contributed by atoms with Gasteiger partial charge in [-0.25, -0.2) is 4.98 Å². The molecule has 5 rings (SSSR count). The summed E-state index contributed by atoms with van der Waals surface area (Å²) >= 11 is 0. The SMILES string of the molecule is CCC(C(=O)N1CCc2nc(N3CCCCC3)nc(Oc3ccccc3)c2C1)c1ccccc1. The molecule has 1 unspecified atom stereocenters. The van der Waals surface area contributed by atoms with E-state index < -0.39 is 0 Å². The summed E-state index contributed by atoms with van der Waals surface area (Å²) in [5.41, 5.74) is 2.99. The molecule has 0 saturated carbocycles. The van der Waals surface area contributed by atoms with E-state index >= 15 is 0 Å². The Balaban J connectivity index is 1.45. The predicted octanol–water partition coefficient (Wildman–Crippen LogP) is 5.34. The van der Waals surface area contributed by atoms with Crippen LogP contribution in [0.5, 0.6) is 11.6 Å². The second-order valence-corrected chi connectivity index (χ2v) is 9.10. The number of ether oxygens (including phenoxy) is 1. The summed E-state index contributed by atoms with van der Waals surface area (Å²) in [7, 11) is 0. The van der Waals surface area contributed by atoms with Crippen molar-refractivity contribution in [3.63, 3.8) is 0 Å². The summed E-state index contributed by atoms with van der Waals surface area (Å²) in [6, 6.07) is 19.8. The molecule has 1 fully saturated rings. The van der Waals surface area contributed by atoms with Gasteiger partial charge in [0.1, 0.15) is 5.75 Å². The first-order valence-corrected chi connectivity index (χ1v) is 12.4. The number of piperidine rings is 1. The monoisotopic (exact) mass is 456 g/mol. The average Bonchev–Trinajstić information content (AvgIpc) is 2.90. The van der Waals surface area contributed by atoms with Crippen LogP contribution in [0.15, 0.2) is 60.7 Å². The number of carbonyl (C=O) groups excluding carboxylic acids is 1. The quantitative estimate of drug-likeness (QED) is 0.501. The Morgan fingerprint density at radius 2 is 1.65 bits per heavy atom. The van der Waals surface area contributed by atoms with E-state index in [2.05, 4.69) is 11.8 Å². The number of hydrogen-bond donors (Lipinski definition) is 0. The number of aromatic nitrogens is 2. The molecule has 2 aliphatic rings. The molecule has 0 bridgehead atoms. The molecule has 1 saturated heterocycles. The third kappa shape index (κ3) is 4.76. The molecule has 0 spiro atoms. The number of fused-ring (bicyclic) bond motifs is 1. The predicted molar refractivity (Wildman–Crippen MR) is 133 cm³/mol. The van der Waals surface area contributed by atoms with E-state index in [1.807, 2.05) is 65.6 Å². The molecule has 3 heterocycles. The molecule has 1 atom stereocenters. The van der Waals surface area contributed by atoms with Crippen molar-refractivity contribution in [3.05, 3.63) is 77.5 Å². The number of nitrogens with zero attached hydrogens (tertiary/aromatic N) is 4. The summed E-state index contributed by atoms with van der Waals surface area (Å²) < 4.78 is 6.29. The highest BCUT2D eigenvalue weighted by Crippen LogP contribution is 2.33. The molecule has 2 aromatic carbocycles. The molecule has 6 nitrogen and oxygen atoms in total. The fourth-order valence-electron chi connectivity index (χ4n) is 4.94.